The molecule has 0 spiro atoms. The first-order chi connectivity index (χ1) is 6.87. The number of benzene rings is 1. The molecule has 0 amide bonds. The maximum atomic E-state index is 11.5. The topological polar surface area (TPSA) is 26.3 Å². The second-order valence-electron chi connectivity index (χ2n) is 4.67. The highest BCUT2D eigenvalue weighted by Crippen LogP contribution is 2.21. The maximum Gasteiger partial charge on any atom is 0.311 e. The Balaban J connectivity index is 2.59. The van der Waals surface area contributed by atoms with Crippen molar-refractivity contribution in [2.24, 2.45) is 5.41 Å². The fraction of sp³-hybridized carbons (Fsp3) is 0.417. The molecule has 1 aromatic carbocycles. The van der Waals surface area contributed by atoms with Crippen LogP contribution in [0.3, 0.4) is 0 Å². The lowest BCUT2D eigenvalue weighted by Gasteiger charge is -2.16. The molecule has 82 valence electrons. The summed E-state index contributed by atoms with van der Waals surface area (Å²) < 4.78 is 6.29. The van der Waals surface area contributed by atoms with E-state index in [1.165, 1.54) is 0 Å². The monoisotopic (exact) mass is 318 g/mol. The van der Waals surface area contributed by atoms with Crippen LogP contribution in [0.1, 0.15) is 27.2 Å². The highest BCUT2D eigenvalue weighted by molar-refractivity contribution is 14.1. The van der Waals surface area contributed by atoms with Crippen molar-refractivity contribution >= 4 is 28.6 Å². The lowest BCUT2D eigenvalue weighted by atomic mass is 9.92. The molecule has 0 N–H and O–H groups in total. The zero-order valence-corrected chi connectivity index (χ0v) is 11.4. The number of hydrogen-bond donors (Lipinski definition) is 0. The van der Waals surface area contributed by atoms with Crippen LogP contribution in [0.4, 0.5) is 0 Å². The number of carbonyl (C=O) groups is 1. The van der Waals surface area contributed by atoms with Crippen LogP contribution >= 0.6 is 22.6 Å². The molecule has 0 fully saturated rings. The molecule has 0 bridgehead atoms. The molecule has 2 nitrogen and oxygen atoms in total. The Kier molecular flexibility index (Phi) is 4.13. The van der Waals surface area contributed by atoms with Crippen LogP contribution < -0.4 is 4.74 Å². The van der Waals surface area contributed by atoms with Gasteiger partial charge in [-0.25, -0.2) is 0 Å². The molecule has 0 saturated carbocycles. The summed E-state index contributed by atoms with van der Waals surface area (Å²) in [5.74, 6) is 0.445. The molecular weight excluding hydrogens is 303 g/mol. The van der Waals surface area contributed by atoms with Gasteiger partial charge in [-0.1, -0.05) is 26.8 Å². The SMILES string of the molecule is CC(C)(C)CC(=O)Oc1cccc(I)c1. The average Bonchev–Trinajstić information content (AvgIpc) is 1.99. The highest BCUT2D eigenvalue weighted by Gasteiger charge is 2.17. The Labute approximate surface area is 104 Å². The van der Waals surface area contributed by atoms with Crippen molar-refractivity contribution in [1.82, 2.24) is 0 Å². The lowest BCUT2D eigenvalue weighted by Crippen LogP contribution is -2.17. The van der Waals surface area contributed by atoms with Crippen LogP contribution in [-0.4, -0.2) is 5.97 Å². The van der Waals surface area contributed by atoms with Gasteiger partial charge >= 0.3 is 5.97 Å². The summed E-state index contributed by atoms with van der Waals surface area (Å²) in [5, 5.41) is 0. The minimum Gasteiger partial charge on any atom is -0.426 e. The van der Waals surface area contributed by atoms with Crippen LogP contribution in [0, 0.1) is 8.99 Å². The van der Waals surface area contributed by atoms with Gasteiger partial charge < -0.3 is 4.74 Å². The van der Waals surface area contributed by atoms with Crippen molar-refractivity contribution in [2.75, 3.05) is 0 Å². The molecule has 0 saturated heterocycles. The Morgan fingerprint density at radius 2 is 2.07 bits per heavy atom. The molecule has 0 aromatic heterocycles. The second-order valence-corrected chi connectivity index (χ2v) is 5.91. The standard InChI is InChI=1S/C12H15IO2/c1-12(2,3)8-11(14)15-10-6-4-5-9(13)7-10/h4-7H,8H2,1-3H3. The molecule has 3 heteroatoms. The Bertz CT molecular complexity index is 353. The molecule has 0 unspecified atom stereocenters. The van der Waals surface area contributed by atoms with Crippen LogP contribution in [-0.2, 0) is 4.79 Å². The van der Waals surface area contributed by atoms with Crippen molar-refractivity contribution in [3.63, 3.8) is 0 Å². The number of halogens is 1. The number of esters is 1. The molecule has 0 aliphatic heterocycles. The first-order valence-corrected chi connectivity index (χ1v) is 5.91. The van der Waals surface area contributed by atoms with Crippen molar-refractivity contribution in [3.05, 3.63) is 27.8 Å². The Morgan fingerprint density at radius 1 is 1.40 bits per heavy atom. The van der Waals surface area contributed by atoms with Gasteiger partial charge in [0.05, 0.1) is 6.42 Å². The quantitative estimate of drug-likeness (QED) is 0.473. The summed E-state index contributed by atoms with van der Waals surface area (Å²) in [6.07, 6.45) is 0.429. The Morgan fingerprint density at radius 3 is 2.60 bits per heavy atom. The van der Waals surface area contributed by atoms with Crippen molar-refractivity contribution in [3.8, 4) is 5.75 Å². The normalized spacial score (nSPS) is 11.2. The molecule has 15 heavy (non-hydrogen) atoms. The zero-order chi connectivity index (χ0) is 11.5. The van der Waals surface area contributed by atoms with Gasteiger partial charge in [-0.3, -0.25) is 4.79 Å². The van der Waals surface area contributed by atoms with Gasteiger partial charge in [0.2, 0.25) is 0 Å². The zero-order valence-electron chi connectivity index (χ0n) is 9.21. The van der Waals surface area contributed by atoms with E-state index in [1.54, 1.807) is 6.07 Å². The van der Waals surface area contributed by atoms with E-state index < -0.39 is 0 Å². The van der Waals surface area contributed by atoms with Crippen LogP contribution in [0.2, 0.25) is 0 Å². The second kappa shape index (κ2) is 4.96. The van der Waals surface area contributed by atoms with Crippen molar-refractivity contribution in [1.29, 1.82) is 0 Å². The maximum absolute atomic E-state index is 11.5. The third kappa shape index (κ3) is 5.16. The highest BCUT2D eigenvalue weighted by atomic mass is 127. The summed E-state index contributed by atoms with van der Waals surface area (Å²) in [7, 11) is 0. The van der Waals surface area contributed by atoms with E-state index in [0.29, 0.717) is 12.2 Å². The molecule has 0 aliphatic carbocycles. The van der Waals surface area contributed by atoms with Gasteiger partial charge in [0.15, 0.2) is 0 Å². The number of carbonyl (C=O) groups excluding carboxylic acids is 1. The minimum atomic E-state index is -0.176. The van der Waals surface area contributed by atoms with Gasteiger partial charge in [0.1, 0.15) is 5.75 Å². The van der Waals surface area contributed by atoms with Crippen molar-refractivity contribution < 1.29 is 9.53 Å². The van der Waals surface area contributed by atoms with Crippen LogP contribution in [0.5, 0.6) is 5.75 Å². The predicted molar refractivity (Wildman–Crippen MR) is 68.9 cm³/mol. The number of rotatable bonds is 2. The first kappa shape index (κ1) is 12.5. The molecule has 0 atom stereocenters. The van der Waals surface area contributed by atoms with E-state index in [2.05, 4.69) is 22.6 Å². The molecular formula is C12H15IO2. The summed E-state index contributed by atoms with van der Waals surface area (Å²) in [5.41, 5.74) is -0.0288. The summed E-state index contributed by atoms with van der Waals surface area (Å²) >= 11 is 2.19. The van der Waals surface area contributed by atoms with Crippen LogP contribution in [0.15, 0.2) is 24.3 Å². The van der Waals surface area contributed by atoms with Crippen LogP contribution in [0.25, 0.3) is 0 Å². The molecule has 1 rings (SSSR count). The predicted octanol–water partition coefficient (Wildman–Crippen LogP) is 3.63. The lowest BCUT2D eigenvalue weighted by molar-refractivity contribution is -0.136. The summed E-state index contributed by atoms with van der Waals surface area (Å²) in [6.45, 7) is 6.05. The van der Waals surface area contributed by atoms with E-state index >= 15 is 0 Å². The van der Waals surface area contributed by atoms with E-state index in [1.807, 2.05) is 39.0 Å². The van der Waals surface area contributed by atoms with Gasteiger partial charge in [-0.15, -0.1) is 0 Å². The van der Waals surface area contributed by atoms with E-state index in [4.69, 9.17) is 4.74 Å². The fourth-order valence-corrected chi connectivity index (χ4v) is 1.65. The van der Waals surface area contributed by atoms with Crippen molar-refractivity contribution in [2.45, 2.75) is 27.2 Å². The summed E-state index contributed by atoms with van der Waals surface area (Å²) in [6, 6.07) is 7.48. The Hall–Kier alpha value is -0.580. The van der Waals surface area contributed by atoms with E-state index in [-0.39, 0.29) is 11.4 Å². The van der Waals surface area contributed by atoms with Gasteiger partial charge in [-0.2, -0.15) is 0 Å². The van der Waals surface area contributed by atoms with Gasteiger partial charge in [-0.05, 0) is 46.2 Å². The first-order valence-electron chi connectivity index (χ1n) is 4.83. The fourth-order valence-electron chi connectivity index (χ4n) is 1.13. The van der Waals surface area contributed by atoms with Gasteiger partial charge in [0.25, 0.3) is 0 Å². The van der Waals surface area contributed by atoms with Gasteiger partial charge in [0, 0.05) is 3.57 Å². The molecule has 0 aliphatic rings. The number of hydrogen-bond acceptors (Lipinski definition) is 2. The minimum absolute atomic E-state index is 0.0288. The largest absolute Gasteiger partial charge is 0.426 e. The molecule has 0 radical (unpaired) electrons. The molecule has 1 aromatic rings. The molecule has 0 heterocycles. The number of ether oxygens (including phenoxy) is 1. The van der Waals surface area contributed by atoms with E-state index in [9.17, 15) is 4.79 Å². The summed E-state index contributed by atoms with van der Waals surface area (Å²) in [4.78, 5) is 11.5. The van der Waals surface area contributed by atoms with E-state index in [0.717, 1.165) is 3.57 Å². The smallest absolute Gasteiger partial charge is 0.311 e. The third-order valence-corrected chi connectivity index (χ3v) is 2.37. The average molecular weight is 318 g/mol. The third-order valence-electron chi connectivity index (χ3n) is 1.70.